The standard InChI is InChI=1S/C23H17Cl2N5O2S/c24-17-5-3-16(4-6-17)22-28-29-23(30(22)19-9-7-18(25)8-10-19)33-14-21(32)27-26-13-15-1-11-20(31)12-2-15/h1-13,31H,14H2,(H,27,32)/b26-13-. The zero-order valence-electron chi connectivity index (χ0n) is 17.0. The second-order valence-corrected chi connectivity index (χ2v) is 8.61. The number of thioether (sulfide) groups is 1. The second-order valence-electron chi connectivity index (χ2n) is 6.80. The number of nitrogens with zero attached hydrogens (tertiary/aromatic N) is 4. The monoisotopic (exact) mass is 497 g/mol. The number of hydrogen-bond donors (Lipinski definition) is 2. The lowest BCUT2D eigenvalue weighted by Gasteiger charge is -2.10. The zero-order valence-corrected chi connectivity index (χ0v) is 19.3. The molecule has 2 N–H and O–H groups in total. The Balaban J connectivity index is 1.51. The molecule has 0 saturated heterocycles. The summed E-state index contributed by atoms with van der Waals surface area (Å²) in [7, 11) is 0. The van der Waals surface area contributed by atoms with Crippen LogP contribution in [0, 0.1) is 0 Å². The van der Waals surface area contributed by atoms with Crippen LogP contribution in [0.3, 0.4) is 0 Å². The fraction of sp³-hybridized carbons (Fsp3) is 0.0435. The van der Waals surface area contributed by atoms with Crippen LogP contribution in [-0.2, 0) is 4.79 Å². The second kappa shape index (κ2) is 10.5. The number of carbonyl (C=O) groups excluding carboxylic acids is 1. The number of aromatic hydroxyl groups is 1. The summed E-state index contributed by atoms with van der Waals surface area (Å²) in [6.07, 6.45) is 1.50. The first-order chi connectivity index (χ1) is 16.0. The minimum Gasteiger partial charge on any atom is -0.508 e. The lowest BCUT2D eigenvalue weighted by Crippen LogP contribution is -2.20. The fourth-order valence-corrected chi connectivity index (χ4v) is 3.87. The number of rotatable bonds is 7. The van der Waals surface area contributed by atoms with Crippen molar-refractivity contribution in [2.75, 3.05) is 5.75 Å². The van der Waals surface area contributed by atoms with Crippen LogP contribution >= 0.6 is 35.0 Å². The summed E-state index contributed by atoms with van der Waals surface area (Å²) < 4.78 is 1.86. The van der Waals surface area contributed by atoms with Gasteiger partial charge in [-0.25, -0.2) is 5.43 Å². The number of hydrazone groups is 1. The van der Waals surface area contributed by atoms with Crippen LogP contribution in [-0.4, -0.2) is 37.7 Å². The van der Waals surface area contributed by atoms with Gasteiger partial charge in [0, 0.05) is 21.3 Å². The average molecular weight is 498 g/mol. The summed E-state index contributed by atoms with van der Waals surface area (Å²) in [6, 6.07) is 21.0. The van der Waals surface area contributed by atoms with Crippen molar-refractivity contribution in [2.24, 2.45) is 5.10 Å². The molecule has 0 unspecified atom stereocenters. The van der Waals surface area contributed by atoms with E-state index in [-0.39, 0.29) is 17.4 Å². The van der Waals surface area contributed by atoms with Gasteiger partial charge in [-0.15, -0.1) is 10.2 Å². The average Bonchev–Trinajstić information content (AvgIpc) is 3.24. The number of amides is 1. The van der Waals surface area contributed by atoms with Crippen LogP contribution in [0.2, 0.25) is 10.0 Å². The molecule has 0 fully saturated rings. The third kappa shape index (κ3) is 5.92. The van der Waals surface area contributed by atoms with Crippen LogP contribution in [0.15, 0.2) is 83.1 Å². The molecule has 10 heteroatoms. The molecule has 0 aliphatic heterocycles. The van der Waals surface area contributed by atoms with Crippen molar-refractivity contribution >= 4 is 47.1 Å². The first-order valence-electron chi connectivity index (χ1n) is 9.70. The molecule has 33 heavy (non-hydrogen) atoms. The number of phenolic OH excluding ortho intramolecular Hbond substituents is 1. The summed E-state index contributed by atoms with van der Waals surface area (Å²) in [6.45, 7) is 0. The normalized spacial score (nSPS) is 11.1. The van der Waals surface area contributed by atoms with E-state index in [1.54, 1.807) is 48.5 Å². The summed E-state index contributed by atoms with van der Waals surface area (Å²) >= 11 is 13.3. The van der Waals surface area contributed by atoms with Gasteiger partial charge in [0.15, 0.2) is 11.0 Å². The van der Waals surface area contributed by atoms with Crippen molar-refractivity contribution in [1.29, 1.82) is 0 Å². The van der Waals surface area contributed by atoms with Crippen LogP contribution in [0.5, 0.6) is 5.75 Å². The molecule has 0 spiro atoms. The summed E-state index contributed by atoms with van der Waals surface area (Å²) in [5, 5.41) is 23.7. The number of halogens is 2. The van der Waals surface area contributed by atoms with E-state index >= 15 is 0 Å². The molecule has 0 aliphatic rings. The van der Waals surface area contributed by atoms with Crippen molar-refractivity contribution in [2.45, 2.75) is 5.16 Å². The molecule has 7 nitrogen and oxygen atoms in total. The first-order valence-corrected chi connectivity index (χ1v) is 11.4. The Labute approximate surface area is 204 Å². The SMILES string of the molecule is O=C(CSc1nnc(-c2ccc(Cl)cc2)n1-c1ccc(Cl)cc1)N/N=C\c1ccc(O)cc1. The lowest BCUT2D eigenvalue weighted by molar-refractivity contribution is -0.118. The van der Waals surface area contributed by atoms with Crippen LogP contribution in [0.25, 0.3) is 17.1 Å². The largest absolute Gasteiger partial charge is 0.508 e. The van der Waals surface area contributed by atoms with E-state index < -0.39 is 0 Å². The maximum absolute atomic E-state index is 12.3. The highest BCUT2D eigenvalue weighted by molar-refractivity contribution is 7.99. The van der Waals surface area contributed by atoms with Gasteiger partial charge >= 0.3 is 0 Å². The van der Waals surface area contributed by atoms with E-state index in [1.165, 1.54) is 18.0 Å². The Kier molecular flexibility index (Phi) is 7.29. The van der Waals surface area contributed by atoms with Gasteiger partial charge in [0.05, 0.1) is 12.0 Å². The Morgan fingerprint density at radius 3 is 2.27 bits per heavy atom. The highest BCUT2D eigenvalue weighted by Crippen LogP contribution is 2.29. The Morgan fingerprint density at radius 2 is 1.61 bits per heavy atom. The number of benzene rings is 3. The zero-order chi connectivity index (χ0) is 23.2. The molecule has 1 aromatic heterocycles. The van der Waals surface area contributed by atoms with Gasteiger partial charge < -0.3 is 5.11 Å². The highest BCUT2D eigenvalue weighted by Gasteiger charge is 2.17. The number of phenols is 1. The molecule has 1 heterocycles. The van der Waals surface area contributed by atoms with E-state index in [1.807, 2.05) is 28.8 Å². The maximum Gasteiger partial charge on any atom is 0.250 e. The van der Waals surface area contributed by atoms with Gasteiger partial charge in [-0.05, 0) is 78.4 Å². The molecule has 0 aliphatic carbocycles. The van der Waals surface area contributed by atoms with Crippen molar-refractivity contribution < 1.29 is 9.90 Å². The van der Waals surface area contributed by atoms with Gasteiger partial charge in [-0.1, -0.05) is 35.0 Å². The predicted molar refractivity (Wildman–Crippen MR) is 131 cm³/mol. The van der Waals surface area contributed by atoms with Crippen molar-refractivity contribution in [3.05, 3.63) is 88.4 Å². The van der Waals surface area contributed by atoms with E-state index in [9.17, 15) is 9.90 Å². The number of aromatic nitrogens is 3. The fourth-order valence-electron chi connectivity index (χ4n) is 2.87. The van der Waals surface area contributed by atoms with Crippen LogP contribution in [0.4, 0.5) is 0 Å². The summed E-state index contributed by atoms with van der Waals surface area (Å²) in [5.74, 6) is 0.561. The summed E-state index contributed by atoms with van der Waals surface area (Å²) in [5.41, 5.74) is 4.87. The maximum atomic E-state index is 12.3. The first kappa shape index (κ1) is 22.8. The van der Waals surface area contributed by atoms with Crippen molar-refractivity contribution in [3.8, 4) is 22.8 Å². The van der Waals surface area contributed by atoms with Crippen LogP contribution < -0.4 is 5.43 Å². The van der Waals surface area contributed by atoms with Gasteiger partial charge in [0.25, 0.3) is 5.91 Å². The van der Waals surface area contributed by atoms with E-state index in [0.29, 0.717) is 21.0 Å². The number of nitrogens with one attached hydrogen (secondary N) is 1. The molecule has 0 radical (unpaired) electrons. The molecule has 4 rings (SSSR count). The molecular weight excluding hydrogens is 481 g/mol. The lowest BCUT2D eigenvalue weighted by atomic mass is 10.2. The number of hydrogen-bond acceptors (Lipinski definition) is 6. The quantitative estimate of drug-likeness (QED) is 0.208. The molecule has 166 valence electrons. The van der Waals surface area contributed by atoms with E-state index in [2.05, 4.69) is 20.7 Å². The van der Waals surface area contributed by atoms with Gasteiger partial charge in [0.2, 0.25) is 0 Å². The predicted octanol–water partition coefficient (Wildman–Crippen LogP) is 5.19. The minimum atomic E-state index is -0.297. The Morgan fingerprint density at radius 1 is 0.970 bits per heavy atom. The Bertz CT molecular complexity index is 1270. The molecule has 0 atom stereocenters. The molecule has 3 aromatic carbocycles. The molecule has 0 bridgehead atoms. The third-order valence-electron chi connectivity index (χ3n) is 4.45. The molecule has 0 saturated carbocycles. The number of carbonyl (C=O) groups is 1. The van der Waals surface area contributed by atoms with Crippen molar-refractivity contribution in [1.82, 2.24) is 20.2 Å². The van der Waals surface area contributed by atoms with Gasteiger partial charge in [-0.2, -0.15) is 5.10 Å². The van der Waals surface area contributed by atoms with E-state index in [4.69, 9.17) is 23.2 Å². The molecular formula is C23H17Cl2N5O2S. The van der Waals surface area contributed by atoms with Crippen LogP contribution in [0.1, 0.15) is 5.56 Å². The summed E-state index contributed by atoms with van der Waals surface area (Å²) in [4.78, 5) is 12.3. The molecule has 1 amide bonds. The third-order valence-corrected chi connectivity index (χ3v) is 5.88. The van der Waals surface area contributed by atoms with Gasteiger partial charge in [0.1, 0.15) is 5.75 Å². The topological polar surface area (TPSA) is 92.4 Å². The van der Waals surface area contributed by atoms with Gasteiger partial charge in [-0.3, -0.25) is 9.36 Å². The minimum absolute atomic E-state index is 0.0826. The highest BCUT2D eigenvalue weighted by atomic mass is 35.5. The van der Waals surface area contributed by atoms with Crippen molar-refractivity contribution in [3.63, 3.8) is 0 Å². The molecule has 4 aromatic rings. The Hall–Kier alpha value is -3.33. The smallest absolute Gasteiger partial charge is 0.250 e. The van der Waals surface area contributed by atoms with E-state index in [0.717, 1.165) is 16.8 Å².